The van der Waals surface area contributed by atoms with Gasteiger partial charge in [-0.15, -0.1) is 16.6 Å². The third-order valence-electron chi connectivity index (χ3n) is 2.75. The summed E-state index contributed by atoms with van der Waals surface area (Å²) >= 11 is 1.47. The van der Waals surface area contributed by atoms with Gasteiger partial charge in [0.15, 0.2) is 5.82 Å². The molecule has 0 unspecified atom stereocenters. The number of ether oxygens (including phenoxy) is 2. The van der Waals surface area contributed by atoms with Gasteiger partial charge in [0.1, 0.15) is 24.0 Å². The zero-order chi connectivity index (χ0) is 14.7. The Bertz CT molecular complexity index is 786. The Balaban J connectivity index is 1.88. The summed E-state index contributed by atoms with van der Waals surface area (Å²) in [7, 11) is 1.61. The lowest BCUT2D eigenvalue weighted by Gasteiger charge is -2.02. The van der Waals surface area contributed by atoms with E-state index in [-0.39, 0.29) is 6.61 Å². The van der Waals surface area contributed by atoms with Crippen molar-refractivity contribution in [2.24, 2.45) is 0 Å². The van der Waals surface area contributed by atoms with Crippen LogP contribution in [0.1, 0.15) is 5.82 Å². The third kappa shape index (κ3) is 2.72. The predicted molar refractivity (Wildman–Crippen MR) is 79.1 cm³/mol. The van der Waals surface area contributed by atoms with Crippen LogP contribution in [0, 0.1) is 12.3 Å². The van der Waals surface area contributed by atoms with E-state index < -0.39 is 0 Å². The first kappa shape index (κ1) is 13.5. The van der Waals surface area contributed by atoms with Gasteiger partial charge in [0, 0.05) is 12.7 Å². The van der Waals surface area contributed by atoms with Gasteiger partial charge < -0.3 is 9.47 Å². The van der Waals surface area contributed by atoms with Crippen LogP contribution in [-0.2, 0) is 11.3 Å². The molecule has 0 aliphatic carbocycles. The summed E-state index contributed by atoms with van der Waals surface area (Å²) in [5.74, 6) is 3.85. The topological polar surface area (TPSA) is 61.5 Å². The minimum atomic E-state index is 0.260. The van der Waals surface area contributed by atoms with Crippen LogP contribution < -0.4 is 4.74 Å². The van der Waals surface area contributed by atoms with Gasteiger partial charge in [-0.25, -0.2) is 0 Å². The lowest BCUT2D eigenvalue weighted by Crippen LogP contribution is -1.97. The highest BCUT2D eigenvalue weighted by molar-refractivity contribution is 7.19. The van der Waals surface area contributed by atoms with Crippen LogP contribution in [-0.4, -0.2) is 33.5 Å². The maximum atomic E-state index is 5.34. The molecule has 0 amide bonds. The molecule has 0 saturated heterocycles. The molecule has 0 saturated carbocycles. The number of hydrogen-bond acceptors (Lipinski definition) is 6. The molecular formula is C14H12N4O2S. The largest absolute Gasteiger partial charge is 0.481 e. The van der Waals surface area contributed by atoms with Gasteiger partial charge in [0.2, 0.25) is 4.96 Å². The quantitative estimate of drug-likeness (QED) is 0.675. The number of aromatic nitrogens is 4. The maximum Gasteiger partial charge on any atom is 0.235 e. The molecular weight excluding hydrogens is 288 g/mol. The van der Waals surface area contributed by atoms with Gasteiger partial charge in [0.05, 0.1) is 0 Å². The van der Waals surface area contributed by atoms with Crippen LogP contribution in [0.15, 0.2) is 24.3 Å². The second-order valence-electron chi connectivity index (χ2n) is 4.17. The Morgan fingerprint density at radius 1 is 1.29 bits per heavy atom. The third-order valence-corrected chi connectivity index (χ3v) is 3.70. The van der Waals surface area contributed by atoms with Crippen LogP contribution in [0.2, 0.25) is 0 Å². The summed E-state index contributed by atoms with van der Waals surface area (Å²) in [6.07, 6.45) is 5.16. The average molecular weight is 300 g/mol. The highest BCUT2D eigenvalue weighted by Gasteiger charge is 2.12. The molecule has 0 aliphatic heterocycles. The van der Waals surface area contributed by atoms with Crippen molar-refractivity contribution in [3.63, 3.8) is 0 Å². The number of terminal acetylenes is 1. The summed E-state index contributed by atoms with van der Waals surface area (Å²) in [6.45, 7) is 0.639. The summed E-state index contributed by atoms with van der Waals surface area (Å²) in [6, 6.07) is 7.61. The van der Waals surface area contributed by atoms with Crippen LogP contribution in [0.5, 0.6) is 5.75 Å². The molecule has 0 bridgehead atoms. The van der Waals surface area contributed by atoms with Gasteiger partial charge in [-0.05, 0) is 24.3 Å². The summed E-state index contributed by atoms with van der Waals surface area (Å²) in [5, 5.41) is 13.5. The Kier molecular flexibility index (Phi) is 3.81. The molecule has 3 rings (SSSR count). The Labute approximate surface area is 125 Å². The van der Waals surface area contributed by atoms with Crippen molar-refractivity contribution in [1.82, 2.24) is 19.8 Å². The minimum Gasteiger partial charge on any atom is -0.481 e. The lowest BCUT2D eigenvalue weighted by atomic mass is 10.2. The van der Waals surface area contributed by atoms with Crippen molar-refractivity contribution in [1.29, 1.82) is 0 Å². The van der Waals surface area contributed by atoms with E-state index in [1.54, 1.807) is 11.6 Å². The molecule has 0 spiro atoms. The minimum absolute atomic E-state index is 0.260. The van der Waals surface area contributed by atoms with Crippen molar-refractivity contribution >= 4 is 16.3 Å². The summed E-state index contributed by atoms with van der Waals surface area (Å²) < 4.78 is 12.1. The van der Waals surface area contributed by atoms with Gasteiger partial charge in [-0.3, -0.25) is 0 Å². The lowest BCUT2D eigenvalue weighted by molar-refractivity contribution is 0.176. The second kappa shape index (κ2) is 5.91. The monoisotopic (exact) mass is 300 g/mol. The van der Waals surface area contributed by atoms with Crippen LogP contribution in [0.4, 0.5) is 0 Å². The molecule has 106 valence electrons. The number of benzene rings is 1. The normalized spacial score (nSPS) is 10.7. The van der Waals surface area contributed by atoms with Crippen LogP contribution in [0.25, 0.3) is 15.5 Å². The molecule has 0 N–H and O–H groups in total. The molecule has 6 nitrogen and oxygen atoms in total. The van der Waals surface area contributed by atoms with Gasteiger partial charge >= 0.3 is 0 Å². The summed E-state index contributed by atoms with van der Waals surface area (Å²) in [5.41, 5.74) is 0.988. The highest BCUT2D eigenvalue weighted by atomic mass is 32.1. The van der Waals surface area contributed by atoms with Crippen LogP contribution >= 0.6 is 11.3 Å². The molecule has 21 heavy (non-hydrogen) atoms. The van der Waals surface area contributed by atoms with E-state index in [4.69, 9.17) is 15.9 Å². The number of methoxy groups -OCH3 is 1. The van der Waals surface area contributed by atoms with E-state index >= 15 is 0 Å². The smallest absolute Gasteiger partial charge is 0.235 e. The van der Waals surface area contributed by atoms with E-state index in [1.807, 2.05) is 24.3 Å². The standard InChI is InChI=1S/C14H12N4O2S/c1-3-8-20-11-6-4-10(5-7-11)13-17-18-12(9-19-2)15-16-14(18)21-13/h1,4-7H,8-9H2,2H3. The first-order valence-corrected chi connectivity index (χ1v) is 7.00. The van der Waals surface area contributed by atoms with Gasteiger partial charge in [-0.1, -0.05) is 17.3 Å². The predicted octanol–water partition coefficient (Wildman–Crippen LogP) is 2.01. The van der Waals surface area contributed by atoms with Crippen molar-refractivity contribution in [3.8, 4) is 28.7 Å². The number of rotatable bonds is 5. The van der Waals surface area contributed by atoms with Crippen molar-refractivity contribution < 1.29 is 9.47 Å². The fraction of sp³-hybridized carbons (Fsp3) is 0.214. The van der Waals surface area contributed by atoms with Crippen molar-refractivity contribution in [2.75, 3.05) is 13.7 Å². The molecule has 0 aliphatic rings. The van der Waals surface area contributed by atoms with Gasteiger partial charge in [-0.2, -0.15) is 9.61 Å². The Morgan fingerprint density at radius 2 is 2.10 bits per heavy atom. The number of fused-ring (bicyclic) bond motifs is 1. The first-order valence-electron chi connectivity index (χ1n) is 6.18. The summed E-state index contributed by atoms with van der Waals surface area (Å²) in [4.78, 5) is 0.740. The maximum absolute atomic E-state index is 5.34. The van der Waals surface area contributed by atoms with E-state index in [2.05, 4.69) is 21.2 Å². The van der Waals surface area contributed by atoms with Gasteiger partial charge in [0.25, 0.3) is 0 Å². The Morgan fingerprint density at radius 3 is 2.81 bits per heavy atom. The van der Waals surface area contributed by atoms with E-state index in [0.717, 1.165) is 21.3 Å². The van der Waals surface area contributed by atoms with Crippen molar-refractivity contribution in [3.05, 3.63) is 30.1 Å². The molecule has 2 heterocycles. The van der Waals surface area contributed by atoms with E-state index in [0.29, 0.717) is 12.4 Å². The number of hydrogen-bond donors (Lipinski definition) is 0. The first-order chi connectivity index (χ1) is 10.3. The van der Waals surface area contributed by atoms with Crippen LogP contribution in [0.3, 0.4) is 0 Å². The number of nitrogens with zero attached hydrogens (tertiary/aromatic N) is 4. The van der Waals surface area contributed by atoms with E-state index in [9.17, 15) is 0 Å². The molecule has 7 heteroatoms. The zero-order valence-electron chi connectivity index (χ0n) is 11.3. The molecule has 2 aromatic heterocycles. The fourth-order valence-electron chi connectivity index (χ4n) is 1.81. The Hall–Kier alpha value is -2.43. The zero-order valence-corrected chi connectivity index (χ0v) is 12.1. The molecule has 0 radical (unpaired) electrons. The molecule has 0 atom stereocenters. The highest BCUT2D eigenvalue weighted by Crippen LogP contribution is 2.27. The van der Waals surface area contributed by atoms with Crippen molar-refractivity contribution in [2.45, 2.75) is 6.61 Å². The molecule has 1 aromatic carbocycles. The molecule has 0 fully saturated rings. The van der Waals surface area contributed by atoms with E-state index in [1.165, 1.54) is 11.3 Å². The average Bonchev–Trinajstić information content (AvgIpc) is 3.08. The fourth-order valence-corrected chi connectivity index (χ4v) is 2.68. The molecule has 3 aromatic rings. The second-order valence-corrected chi connectivity index (χ2v) is 5.12. The SMILES string of the molecule is C#CCOc1ccc(-c2nn3c(COC)nnc3s2)cc1.